The van der Waals surface area contributed by atoms with Crippen molar-refractivity contribution in [1.29, 1.82) is 0 Å². The number of aliphatic hydroxyl groups excluding tert-OH is 1. The number of nitrogens with one attached hydrogen (secondary N) is 1. The molecule has 2 aliphatic carbocycles. The highest BCUT2D eigenvalue weighted by Crippen LogP contribution is 2.29. The minimum Gasteiger partial charge on any atom is -0.377 e. The lowest BCUT2D eigenvalue weighted by Crippen LogP contribution is -2.47. The molecule has 4 heteroatoms. The van der Waals surface area contributed by atoms with Crippen LogP contribution in [0.2, 0.25) is 0 Å². The van der Waals surface area contributed by atoms with Crippen LogP contribution in [0.4, 0.5) is 0 Å². The molecule has 2 N–H and O–H groups in total. The van der Waals surface area contributed by atoms with Gasteiger partial charge in [-0.3, -0.25) is 10.00 Å². The number of hydrogen-bond donors (Lipinski definition) is 2. The van der Waals surface area contributed by atoms with E-state index in [0.29, 0.717) is 18.5 Å². The molecule has 0 aliphatic heterocycles. The van der Waals surface area contributed by atoms with E-state index in [-0.39, 0.29) is 0 Å². The van der Waals surface area contributed by atoms with Crippen molar-refractivity contribution in [3.8, 4) is 0 Å². The van der Waals surface area contributed by atoms with Crippen molar-refractivity contribution in [2.24, 2.45) is 11.8 Å². The number of aromatic nitrogens is 2. The fourth-order valence-corrected chi connectivity index (χ4v) is 3.92. The van der Waals surface area contributed by atoms with Gasteiger partial charge >= 0.3 is 0 Å². The topological polar surface area (TPSA) is 50.1 Å². The third kappa shape index (κ3) is 3.49. The fourth-order valence-electron chi connectivity index (χ4n) is 3.92. The molecule has 1 fully saturated rings. The van der Waals surface area contributed by atoms with Crippen LogP contribution in [0.15, 0.2) is 6.20 Å². The number of nitrogens with zero attached hydrogens (tertiary/aromatic N) is 2. The summed E-state index contributed by atoms with van der Waals surface area (Å²) in [6, 6.07) is 0.439. The third-order valence-electron chi connectivity index (χ3n) is 5.51. The molecule has 3 rings (SSSR count). The molecule has 0 saturated heterocycles. The predicted molar refractivity (Wildman–Crippen MR) is 84.0 cm³/mol. The summed E-state index contributed by atoms with van der Waals surface area (Å²) in [6.07, 6.45) is 10.2. The van der Waals surface area contributed by atoms with Gasteiger partial charge in [0.2, 0.25) is 0 Å². The Morgan fingerprint density at radius 1 is 1.29 bits per heavy atom. The van der Waals surface area contributed by atoms with Crippen molar-refractivity contribution in [3.63, 3.8) is 0 Å². The minimum atomic E-state index is -0.496. The van der Waals surface area contributed by atoms with Crippen molar-refractivity contribution >= 4 is 0 Å². The Morgan fingerprint density at radius 2 is 2.10 bits per heavy atom. The van der Waals surface area contributed by atoms with Gasteiger partial charge in [-0.15, -0.1) is 0 Å². The SMILES string of the molecule is CC1CCCC(NC(O)Cn2cc3c(n2)CCCC3)C1C. The zero-order valence-electron chi connectivity index (χ0n) is 13.4. The third-order valence-corrected chi connectivity index (χ3v) is 5.51. The predicted octanol–water partition coefficient (Wildman–Crippen LogP) is 2.49. The van der Waals surface area contributed by atoms with Crippen LogP contribution < -0.4 is 5.32 Å². The smallest absolute Gasteiger partial charge is 0.124 e. The van der Waals surface area contributed by atoms with Crippen LogP contribution in [-0.2, 0) is 19.4 Å². The van der Waals surface area contributed by atoms with E-state index in [4.69, 9.17) is 0 Å². The average Bonchev–Trinajstić information content (AvgIpc) is 2.86. The summed E-state index contributed by atoms with van der Waals surface area (Å²) < 4.78 is 1.94. The van der Waals surface area contributed by atoms with Gasteiger partial charge in [-0.05, 0) is 49.5 Å². The largest absolute Gasteiger partial charge is 0.377 e. The molecule has 1 saturated carbocycles. The fraction of sp³-hybridized carbons (Fsp3) is 0.824. The van der Waals surface area contributed by atoms with Crippen LogP contribution in [0, 0.1) is 11.8 Å². The number of rotatable bonds is 4. The van der Waals surface area contributed by atoms with Crippen molar-refractivity contribution in [3.05, 3.63) is 17.5 Å². The average molecular weight is 291 g/mol. The molecule has 0 amide bonds. The van der Waals surface area contributed by atoms with Crippen LogP contribution in [0.25, 0.3) is 0 Å². The Kier molecular flexibility index (Phi) is 4.65. The first-order valence-electron chi connectivity index (χ1n) is 8.63. The van der Waals surface area contributed by atoms with E-state index in [2.05, 4.69) is 30.5 Å². The Morgan fingerprint density at radius 3 is 2.90 bits per heavy atom. The first-order chi connectivity index (χ1) is 10.1. The highest BCUT2D eigenvalue weighted by Gasteiger charge is 2.28. The van der Waals surface area contributed by atoms with Gasteiger partial charge in [0.1, 0.15) is 6.23 Å². The maximum Gasteiger partial charge on any atom is 0.124 e. The molecular formula is C17H29N3O. The first kappa shape index (κ1) is 15.0. The second kappa shape index (κ2) is 6.49. The highest BCUT2D eigenvalue weighted by molar-refractivity contribution is 5.19. The number of aryl methyl sites for hydroxylation is 2. The Hall–Kier alpha value is -0.870. The Bertz CT molecular complexity index is 447. The molecule has 4 nitrogen and oxygen atoms in total. The van der Waals surface area contributed by atoms with Gasteiger partial charge < -0.3 is 5.11 Å². The highest BCUT2D eigenvalue weighted by atomic mass is 16.3. The molecule has 4 unspecified atom stereocenters. The summed E-state index contributed by atoms with van der Waals surface area (Å²) in [6.45, 7) is 5.19. The van der Waals surface area contributed by atoms with Crippen molar-refractivity contribution in [1.82, 2.24) is 15.1 Å². The van der Waals surface area contributed by atoms with Crippen LogP contribution in [0.3, 0.4) is 0 Å². The summed E-state index contributed by atoms with van der Waals surface area (Å²) in [5.41, 5.74) is 2.63. The first-order valence-corrected chi connectivity index (χ1v) is 8.63. The van der Waals surface area contributed by atoms with E-state index in [1.165, 1.54) is 43.4 Å². The van der Waals surface area contributed by atoms with E-state index in [1.54, 1.807) is 0 Å². The molecule has 0 spiro atoms. The molecule has 0 radical (unpaired) electrons. The van der Waals surface area contributed by atoms with E-state index in [9.17, 15) is 5.11 Å². The number of fused-ring (bicyclic) bond motifs is 1. The second-order valence-electron chi connectivity index (χ2n) is 7.09. The van der Waals surface area contributed by atoms with E-state index in [0.717, 1.165) is 18.8 Å². The van der Waals surface area contributed by atoms with Crippen molar-refractivity contribution < 1.29 is 5.11 Å². The molecule has 1 aromatic heterocycles. The van der Waals surface area contributed by atoms with E-state index < -0.39 is 6.23 Å². The van der Waals surface area contributed by atoms with Gasteiger partial charge in [0.15, 0.2) is 0 Å². The summed E-state index contributed by atoms with van der Waals surface area (Å²) in [5.74, 6) is 1.39. The Labute approximate surface area is 127 Å². The Balaban J connectivity index is 1.56. The molecule has 4 atom stereocenters. The van der Waals surface area contributed by atoms with Gasteiger partial charge in [0.25, 0.3) is 0 Å². The monoisotopic (exact) mass is 291 g/mol. The van der Waals surface area contributed by atoms with Crippen LogP contribution in [-0.4, -0.2) is 27.2 Å². The molecule has 21 heavy (non-hydrogen) atoms. The summed E-state index contributed by atoms with van der Waals surface area (Å²) in [7, 11) is 0. The van der Waals surface area contributed by atoms with Gasteiger partial charge in [-0.2, -0.15) is 5.10 Å². The molecule has 1 heterocycles. The zero-order chi connectivity index (χ0) is 14.8. The normalized spacial score (nSPS) is 30.9. The van der Waals surface area contributed by atoms with Gasteiger partial charge in [0.05, 0.1) is 12.2 Å². The molecule has 2 aliphatic rings. The second-order valence-corrected chi connectivity index (χ2v) is 7.09. The molecular weight excluding hydrogens is 262 g/mol. The summed E-state index contributed by atoms with van der Waals surface area (Å²) in [4.78, 5) is 0. The lowest BCUT2D eigenvalue weighted by atomic mass is 9.78. The molecule has 0 bridgehead atoms. The van der Waals surface area contributed by atoms with Crippen LogP contribution in [0.1, 0.15) is 57.2 Å². The van der Waals surface area contributed by atoms with E-state index >= 15 is 0 Å². The van der Waals surface area contributed by atoms with Gasteiger partial charge in [-0.25, -0.2) is 0 Å². The maximum absolute atomic E-state index is 10.3. The van der Waals surface area contributed by atoms with E-state index in [1.807, 2.05) is 4.68 Å². The van der Waals surface area contributed by atoms with Crippen LogP contribution in [0.5, 0.6) is 0 Å². The molecule has 1 aromatic rings. The number of aliphatic hydroxyl groups is 1. The lowest BCUT2D eigenvalue weighted by Gasteiger charge is -2.36. The maximum atomic E-state index is 10.3. The quantitative estimate of drug-likeness (QED) is 0.838. The van der Waals surface area contributed by atoms with Crippen molar-refractivity contribution in [2.45, 2.75) is 77.6 Å². The number of hydrogen-bond acceptors (Lipinski definition) is 3. The van der Waals surface area contributed by atoms with Crippen molar-refractivity contribution in [2.75, 3.05) is 0 Å². The minimum absolute atomic E-state index is 0.439. The zero-order valence-corrected chi connectivity index (χ0v) is 13.4. The van der Waals surface area contributed by atoms with Gasteiger partial charge in [0, 0.05) is 12.2 Å². The molecule has 0 aromatic carbocycles. The molecule has 118 valence electrons. The summed E-state index contributed by atoms with van der Waals surface area (Å²) >= 11 is 0. The van der Waals surface area contributed by atoms with Crippen LogP contribution >= 0.6 is 0 Å². The lowest BCUT2D eigenvalue weighted by molar-refractivity contribution is 0.0701. The van der Waals surface area contributed by atoms with Gasteiger partial charge in [-0.1, -0.05) is 26.7 Å². The standard InChI is InChI=1S/C17H29N3O/c1-12-6-5-9-15(13(12)2)18-17(21)11-20-10-14-7-3-4-8-16(14)19-20/h10,12-13,15,17-18,21H,3-9,11H2,1-2H3. The summed E-state index contributed by atoms with van der Waals surface area (Å²) in [5, 5.41) is 18.4.